The summed E-state index contributed by atoms with van der Waals surface area (Å²) in [5, 5.41) is 4.77. The number of thiazole rings is 2. The molecule has 498 valence electrons. The van der Waals surface area contributed by atoms with Gasteiger partial charge in [0.05, 0.1) is 31.8 Å². The minimum absolute atomic E-state index is 0.00902. The molecule has 6 heterocycles. The molecule has 2 saturated heterocycles. The van der Waals surface area contributed by atoms with Crippen molar-refractivity contribution in [1.82, 2.24) is 49.1 Å². The highest BCUT2D eigenvalue weighted by atomic mass is 35.5. The fraction of sp³-hybridized carbons (Fsp3) is 0.308. The molecule has 2 amide bonds. The average Bonchev–Trinajstić information content (AvgIpc) is 1.73. The third-order valence-electron chi connectivity index (χ3n) is 13.5. The van der Waals surface area contributed by atoms with Gasteiger partial charge < -0.3 is 29.9 Å². The number of ether oxygens (including phenoxy) is 2. The minimum atomic E-state index is -4.92. The summed E-state index contributed by atoms with van der Waals surface area (Å²) in [5.74, 6) is -4.88. The molecule has 4 aromatic carbocycles. The van der Waals surface area contributed by atoms with Crippen LogP contribution in [0.15, 0.2) is 113 Å². The number of rotatable bonds is 16. The second-order valence-corrected chi connectivity index (χ2v) is 25.7. The van der Waals surface area contributed by atoms with Crippen LogP contribution in [0.3, 0.4) is 0 Å². The zero-order valence-electron chi connectivity index (χ0n) is 46.1. The molecule has 0 unspecified atom stereocenters. The Balaban J connectivity index is 0.000000219. The van der Waals surface area contributed by atoms with E-state index in [4.69, 9.17) is 11.6 Å². The standard InChI is InChI=1S/C26H19ClF8N6O4S2.C26H20F8N6O4S2/c27-19-18-20(38-22(37-19)26(33,34)35)39-24(46-18)40-9-10-41(47(43,44)16-7-3-14(4-8-16)25(30,31)32)17(12-40)21(42)36-11-13-1-5-15(6-2-13)45-23(28)29;27-23(28)44-16-5-1-14(2-6-16)11-35-21(41)18-13-39(24-38-20-19(45-24)12-36-22(37-20)26(32,33)34)9-10-40(18)46(42,43)17-7-3-15(4-8-17)25(29,30)31/h1-8,17,23H,9-12H2,(H,36,42);1-8,12,18,23H,9-11,13H2,(H,35,41)/t17-;18-/m11/s1. The van der Waals surface area contributed by atoms with Gasteiger partial charge >= 0.3 is 37.9 Å². The van der Waals surface area contributed by atoms with E-state index in [-0.39, 0.29) is 94.8 Å². The summed E-state index contributed by atoms with van der Waals surface area (Å²) >= 11 is 7.68. The Morgan fingerprint density at radius 1 is 0.527 bits per heavy atom. The maximum atomic E-state index is 13.6. The zero-order chi connectivity index (χ0) is 67.8. The van der Waals surface area contributed by atoms with Gasteiger partial charge in [0, 0.05) is 52.4 Å². The number of aromatic nitrogens is 6. The van der Waals surface area contributed by atoms with Crippen LogP contribution >= 0.6 is 34.3 Å². The Hall–Kier alpha value is -8.05. The van der Waals surface area contributed by atoms with Crippen molar-refractivity contribution in [3.8, 4) is 11.5 Å². The monoisotopic (exact) mass is 1430 g/mol. The molecule has 2 aliphatic heterocycles. The van der Waals surface area contributed by atoms with Crippen LogP contribution in [0.4, 0.5) is 80.5 Å². The summed E-state index contributed by atoms with van der Waals surface area (Å²) < 4.78 is 272. The molecular formula is C52H39ClF16N12O8S4. The van der Waals surface area contributed by atoms with Gasteiger partial charge in [-0.15, -0.1) is 0 Å². The topological polar surface area (TPSA) is 235 Å². The van der Waals surface area contributed by atoms with Crippen molar-refractivity contribution in [3.05, 3.63) is 142 Å². The van der Waals surface area contributed by atoms with Crippen LogP contribution in [0.2, 0.25) is 5.15 Å². The molecule has 0 spiro atoms. The molecule has 0 saturated carbocycles. The van der Waals surface area contributed by atoms with Crippen LogP contribution in [0.5, 0.6) is 11.5 Å². The van der Waals surface area contributed by atoms with Crippen LogP contribution in [-0.2, 0) is 67.4 Å². The molecule has 0 aliphatic carbocycles. The first kappa shape index (κ1) is 69.3. The molecule has 2 fully saturated rings. The van der Waals surface area contributed by atoms with Gasteiger partial charge in [0.1, 0.15) is 28.3 Å². The van der Waals surface area contributed by atoms with Crippen molar-refractivity contribution in [2.75, 3.05) is 49.1 Å². The summed E-state index contributed by atoms with van der Waals surface area (Å²) in [6.07, 6.45) is -18.2. The van der Waals surface area contributed by atoms with E-state index in [0.717, 1.165) is 61.7 Å². The number of anilines is 2. The van der Waals surface area contributed by atoms with Gasteiger partial charge in [0.2, 0.25) is 43.5 Å². The van der Waals surface area contributed by atoms with E-state index in [9.17, 15) is 96.7 Å². The SMILES string of the molecule is O=C(NCc1ccc(OC(F)F)cc1)[C@H]1CN(c2nc3nc(C(F)(F)F)nc(Cl)c3s2)CCN1S(=O)(=O)c1ccc(C(F)(F)F)cc1.O=C(NCc1ccc(OC(F)F)cc1)[C@H]1CN(c2nc3nc(C(F)(F)F)ncc3s2)CCN1S(=O)(=O)c1ccc(C(F)(F)F)cc1. The Morgan fingerprint density at radius 2 is 0.925 bits per heavy atom. The van der Waals surface area contributed by atoms with E-state index < -0.39 is 120 Å². The highest BCUT2D eigenvalue weighted by Gasteiger charge is 2.45. The van der Waals surface area contributed by atoms with Gasteiger partial charge in [-0.2, -0.15) is 88.8 Å². The maximum Gasteiger partial charge on any atom is 0.451 e. The number of amides is 2. The third-order valence-corrected chi connectivity index (χ3v) is 19.8. The van der Waals surface area contributed by atoms with Gasteiger partial charge in [-0.25, -0.2) is 36.8 Å². The van der Waals surface area contributed by atoms with E-state index in [2.05, 4.69) is 50.0 Å². The van der Waals surface area contributed by atoms with Crippen molar-refractivity contribution in [3.63, 3.8) is 0 Å². The Bertz CT molecular complexity index is 4230. The highest BCUT2D eigenvalue weighted by molar-refractivity contribution is 7.89. The molecule has 8 aromatic rings. The summed E-state index contributed by atoms with van der Waals surface area (Å²) in [6.45, 7) is -8.15. The number of benzene rings is 4. The number of sulfonamides is 2. The quantitative estimate of drug-likeness (QED) is 0.0676. The summed E-state index contributed by atoms with van der Waals surface area (Å²) in [4.78, 5) is 50.5. The lowest BCUT2D eigenvalue weighted by Gasteiger charge is -2.39. The van der Waals surface area contributed by atoms with E-state index in [1.54, 1.807) is 0 Å². The molecule has 10 rings (SSSR count). The molecule has 20 nitrogen and oxygen atoms in total. The minimum Gasteiger partial charge on any atom is -0.435 e. The Labute approximate surface area is 525 Å². The Kier molecular flexibility index (Phi) is 20.2. The number of alkyl halides is 16. The van der Waals surface area contributed by atoms with E-state index in [0.29, 0.717) is 35.4 Å². The fourth-order valence-corrected chi connectivity index (χ4v) is 14.3. The Morgan fingerprint density at radius 3 is 1.32 bits per heavy atom. The van der Waals surface area contributed by atoms with Gasteiger partial charge in [0.15, 0.2) is 26.7 Å². The number of piperazine rings is 2. The molecule has 41 heteroatoms. The second-order valence-electron chi connectivity index (χ2n) is 19.5. The molecule has 2 aliphatic rings. The van der Waals surface area contributed by atoms with Crippen molar-refractivity contribution < 1.29 is 106 Å². The van der Waals surface area contributed by atoms with E-state index in [1.807, 2.05) is 0 Å². The maximum absolute atomic E-state index is 13.6. The smallest absolute Gasteiger partial charge is 0.435 e. The van der Waals surface area contributed by atoms with Gasteiger partial charge in [-0.3, -0.25) is 9.59 Å². The third kappa shape index (κ3) is 16.5. The predicted molar refractivity (Wildman–Crippen MR) is 298 cm³/mol. The molecule has 0 radical (unpaired) electrons. The summed E-state index contributed by atoms with van der Waals surface area (Å²) in [6, 6.07) is 12.9. The van der Waals surface area contributed by atoms with Crippen LogP contribution in [-0.4, -0.2) is 132 Å². The molecule has 2 N–H and O–H groups in total. The lowest BCUT2D eigenvalue weighted by atomic mass is 10.1. The van der Waals surface area contributed by atoms with Crippen molar-refractivity contribution >= 4 is 97.1 Å². The summed E-state index contributed by atoms with van der Waals surface area (Å²) in [7, 11) is -9.12. The van der Waals surface area contributed by atoms with Crippen molar-refractivity contribution in [1.29, 1.82) is 0 Å². The van der Waals surface area contributed by atoms with Crippen LogP contribution in [0.1, 0.15) is 33.9 Å². The number of hydrogen-bond acceptors (Lipinski definition) is 18. The first-order valence-corrected chi connectivity index (χ1v) is 31.0. The van der Waals surface area contributed by atoms with Crippen LogP contribution in [0, 0.1) is 0 Å². The molecular weight excluding hydrogens is 1390 g/mol. The van der Waals surface area contributed by atoms with Crippen LogP contribution in [0.25, 0.3) is 20.7 Å². The molecule has 4 aromatic heterocycles. The first-order valence-electron chi connectivity index (χ1n) is 26.1. The van der Waals surface area contributed by atoms with Gasteiger partial charge in [-0.05, 0) is 83.9 Å². The first-order chi connectivity index (χ1) is 43.4. The number of halogens is 17. The predicted octanol–water partition coefficient (Wildman–Crippen LogP) is 10.5. The van der Waals surface area contributed by atoms with Crippen LogP contribution < -0.4 is 29.9 Å². The largest absolute Gasteiger partial charge is 0.451 e. The lowest BCUT2D eigenvalue weighted by molar-refractivity contribution is -0.145. The van der Waals surface area contributed by atoms with Crippen molar-refractivity contribution in [2.24, 2.45) is 0 Å². The molecule has 0 bridgehead atoms. The van der Waals surface area contributed by atoms with E-state index in [1.165, 1.54) is 58.3 Å². The average molecular weight is 1430 g/mol. The highest BCUT2D eigenvalue weighted by Crippen LogP contribution is 2.39. The number of carbonyl (C=O) groups excluding carboxylic acids is 2. The lowest BCUT2D eigenvalue weighted by Crippen LogP contribution is -2.60. The molecule has 93 heavy (non-hydrogen) atoms. The number of hydrogen-bond donors (Lipinski definition) is 2. The van der Waals surface area contributed by atoms with E-state index >= 15 is 0 Å². The fourth-order valence-electron chi connectivity index (χ4n) is 9.02. The van der Waals surface area contributed by atoms with Crippen molar-refractivity contribution in [2.45, 2.75) is 72.9 Å². The number of carbonyl (C=O) groups is 2. The van der Waals surface area contributed by atoms with Gasteiger partial charge in [0.25, 0.3) is 0 Å². The molecule has 2 atom stereocenters. The number of fused-ring (bicyclic) bond motifs is 2. The number of nitrogens with one attached hydrogen (secondary N) is 2. The second kappa shape index (κ2) is 27.1. The zero-order valence-corrected chi connectivity index (χ0v) is 50.1. The number of nitrogens with zero attached hydrogens (tertiary/aromatic N) is 10. The normalized spacial score (nSPS) is 16.6. The summed E-state index contributed by atoms with van der Waals surface area (Å²) in [5.41, 5.74) is -1.95. The van der Waals surface area contributed by atoms with Gasteiger partial charge in [-0.1, -0.05) is 58.5 Å².